The zero-order chi connectivity index (χ0) is 13.1. The van der Waals surface area contributed by atoms with Gasteiger partial charge in [-0.25, -0.2) is 4.98 Å². The predicted molar refractivity (Wildman–Crippen MR) is 65.6 cm³/mol. The van der Waals surface area contributed by atoms with Gasteiger partial charge in [-0.3, -0.25) is 4.79 Å². The minimum Gasteiger partial charge on any atom is -0.481 e. The number of nitrogens with zero attached hydrogens (tertiary/aromatic N) is 1. The first-order chi connectivity index (χ1) is 8.61. The summed E-state index contributed by atoms with van der Waals surface area (Å²) in [7, 11) is 1.56. The molecule has 0 bridgehead atoms. The van der Waals surface area contributed by atoms with Gasteiger partial charge in [0.1, 0.15) is 5.52 Å². The van der Waals surface area contributed by atoms with Crippen LogP contribution in [0, 0.1) is 6.92 Å². The van der Waals surface area contributed by atoms with E-state index in [-0.39, 0.29) is 0 Å². The lowest BCUT2D eigenvalue weighted by Crippen LogP contribution is -2.13. The van der Waals surface area contributed by atoms with Crippen LogP contribution in [0.2, 0.25) is 0 Å². The van der Waals surface area contributed by atoms with Gasteiger partial charge in [0, 0.05) is 20.6 Å². The Kier molecular flexibility index (Phi) is 3.62. The van der Waals surface area contributed by atoms with Crippen LogP contribution in [0.15, 0.2) is 22.6 Å². The molecule has 5 heteroatoms. The highest BCUT2D eigenvalue weighted by Crippen LogP contribution is 2.25. The molecule has 1 atom stereocenters. The van der Waals surface area contributed by atoms with Crippen molar-refractivity contribution < 1.29 is 19.1 Å². The van der Waals surface area contributed by atoms with E-state index >= 15 is 0 Å². The van der Waals surface area contributed by atoms with Gasteiger partial charge in [-0.05, 0) is 24.1 Å². The SMILES string of the molecule is COCCC(C(=O)O)c1ccc2nc(C)oc2c1. The number of aryl methyl sites for hydroxylation is 1. The minimum absolute atomic E-state index is 0.407. The van der Waals surface area contributed by atoms with Crippen LogP contribution in [0.3, 0.4) is 0 Å². The lowest BCUT2D eigenvalue weighted by Gasteiger charge is -2.11. The summed E-state index contributed by atoms with van der Waals surface area (Å²) in [5.74, 6) is -0.867. The van der Waals surface area contributed by atoms with Crippen molar-refractivity contribution in [3.05, 3.63) is 29.7 Å². The Balaban J connectivity index is 2.34. The molecule has 18 heavy (non-hydrogen) atoms. The third-order valence-electron chi connectivity index (χ3n) is 2.83. The molecule has 1 heterocycles. The van der Waals surface area contributed by atoms with E-state index in [1.807, 2.05) is 0 Å². The molecular weight excluding hydrogens is 234 g/mol. The van der Waals surface area contributed by atoms with Crippen LogP contribution in [0.1, 0.15) is 23.8 Å². The number of carbonyl (C=O) groups is 1. The summed E-state index contributed by atoms with van der Waals surface area (Å²) in [5, 5.41) is 9.23. The maximum absolute atomic E-state index is 11.2. The van der Waals surface area contributed by atoms with Gasteiger partial charge in [0.2, 0.25) is 0 Å². The van der Waals surface area contributed by atoms with E-state index in [1.54, 1.807) is 32.2 Å². The fourth-order valence-corrected chi connectivity index (χ4v) is 1.94. The molecule has 0 spiro atoms. The number of carboxylic acids is 1. The first kappa shape index (κ1) is 12.6. The van der Waals surface area contributed by atoms with Crippen LogP contribution < -0.4 is 0 Å². The first-order valence-electron chi connectivity index (χ1n) is 5.70. The summed E-state index contributed by atoms with van der Waals surface area (Å²) in [5.41, 5.74) is 2.07. The lowest BCUT2D eigenvalue weighted by atomic mass is 9.96. The average molecular weight is 249 g/mol. The summed E-state index contributed by atoms with van der Waals surface area (Å²) < 4.78 is 10.3. The van der Waals surface area contributed by atoms with Gasteiger partial charge < -0.3 is 14.3 Å². The number of methoxy groups -OCH3 is 1. The summed E-state index contributed by atoms with van der Waals surface area (Å²) in [6.07, 6.45) is 0.435. The van der Waals surface area contributed by atoms with Gasteiger partial charge in [0.05, 0.1) is 5.92 Å². The van der Waals surface area contributed by atoms with Crippen LogP contribution in [0.4, 0.5) is 0 Å². The van der Waals surface area contributed by atoms with E-state index in [0.717, 1.165) is 5.52 Å². The summed E-state index contributed by atoms with van der Waals surface area (Å²) in [4.78, 5) is 15.4. The van der Waals surface area contributed by atoms with Crippen molar-refractivity contribution in [3.8, 4) is 0 Å². The third-order valence-corrected chi connectivity index (χ3v) is 2.83. The molecule has 1 aromatic carbocycles. The first-order valence-corrected chi connectivity index (χ1v) is 5.70. The minimum atomic E-state index is -0.859. The molecule has 1 aromatic heterocycles. The van der Waals surface area contributed by atoms with Crippen molar-refractivity contribution in [1.29, 1.82) is 0 Å². The molecule has 96 valence electrons. The van der Waals surface area contributed by atoms with Crippen LogP contribution in [0.5, 0.6) is 0 Å². The van der Waals surface area contributed by atoms with Crippen molar-refractivity contribution in [2.75, 3.05) is 13.7 Å². The van der Waals surface area contributed by atoms with Crippen molar-refractivity contribution >= 4 is 17.1 Å². The number of aliphatic carboxylic acids is 1. The molecule has 0 radical (unpaired) electrons. The topological polar surface area (TPSA) is 72.6 Å². The van der Waals surface area contributed by atoms with E-state index in [1.165, 1.54) is 0 Å². The maximum Gasteiger partial charge on any atom is 0.311 e. The number of rotatable bonds is 5. The second-order valence-electron chi connectivity index (χ2n) is 4.13. The van der Waals surface area contributed by atoms with E-state index in [0.29, 0.717) is 30.1 Å². The van der Waals surface area contributed by atoms with Crippen molar-refractivity contribution in [2.45, 2.75) is 19.3 Å². The van der Waals surface area contributed by atoms with Gasteiger partial charge in [-0.15, -0.1) is 0 Å². The summed E-state index contributed by atoms with van der Waals surface area (Å²) >= 11 is 0. The highest BCUT2D eigenvalue weighted by Gasteiger charge is 2.20. The Bertz CT molecular complexity index is 561. The Morgan fingerprint density at radius 2 is 2.33 bits per heavy atom. The quantitative estimate of drug-likeness (QED) is 0.880. The number of carboxylic acid groups (broad SMARTS) is 1. The van der Waals surface area contributed by atoms with Crippen LogP contribution in [0.25, 0.3) is 11.1 Å². The monoisotopic (exact) mass is 249 g/mol. The van der Waals surface area contributed by atoms with Crippen LogP contribution in [-0.4, -0.2) is 29.8 Å². The number of ether oxygens (including phenoxy) is 1. The summed E-state index contributed by atoms with van der Waals surface area (Å²) in [6.45, 7) is 2.17. The smallest absolute Gasteiger partial charge is 0.311 e. The maximum atomic E-state index is 11.2. The second kappa shape index (κ2) is 5.18. The van der Waals surface area contributed by atoms with Crippen molar-refractivity contribution in [1.82, 2.24) is 4.98 Å². The number of aromatic nitrogens is 1. The molecule has 1 unspecified atom stereocenters. The van der Waals surface area contributed by atoms with E-state index in [2.05, 4.69) is 4.98 Å². The fourth-order valence-electron chi connectivity index (χ4n) is 1.94. The molecular formula is C13H15NO4. The number of fused-ring (bicyclic) bond motifs is 1. The van der Waals surface area contributed by atoms with Crippen LogP contribution in [-0.2, 0) is 9.53 Å². The molecule has 0 amide bonds. The Labute approximate surface area is 104 Å². The zero-order valence-electron chi connectivity index (χ0n) is 10.3. The Morgan fingerprint density at radius 1 is 1.56 bits per heavy atom. The number of oxazole rings is 1. The largest absolute Gasteiger partial charge is 0.481 e. The average Bonchev–Trinajstić information content (AvgIpc) is 2.68. The fraction of sp³-hybridized carbons (Fsp3) is 0.385. The number of hydrogen-bond donors (Lipinski definition) is 1. The van der Waals surface area contributed by atoms with Gasteiger partial charge in [0.15, 0.2) is 11.5 Å². The molecule has 1 N–H and O–H groups in total. The van der Waals surface area contributed by atoms with E-state index in [4.69, 9.17) is 9.15 Å². The molecule has 0 saturated heterocycles. The molecule has 0 saturated carbocycles. The van der Waals surface area contributed by atoms with Gasteiger partial charge >= 0.3 is 5.97 Å². The van der Waals surface area contributed by atoms with Gasteiger partial charge in [-0.2, -0.15) is 0 Å². The van der Waals surface area contributed by atoms with Crippen molar-refractivity contribution in [2.24, 2.45) is 0 Å². The lowest BCUT2D eigenvalue weighted by molar-refractivity contribution is -0.139. The molecule has 2 aromatic rings. The second-order valence-corrected chi connectivity index (χ2v) is 4.13. The highest BCUT2D eigenvalue weighted by atomic mass is 16.5. The number of benzene rings is 1. The Morgan fingerprint density at radius 3 is 3.00 bits per heavy atom. The van der Waals surface area contributed by atoms with Gasteiger partial charge in [-0.1, -0.05) is 6.07 Å². The molecule has 5 nitrogen and oxygen atoms in total. The van der Waals surface area contributed by atoms with E-state index < -0.39 is 11.9 Å². The molecule has 0 aliphatic carbocycles. The van der Waals surface area contributed by atoms with E-state index in [9.17, 15) is 9.90 Å². The number of hydrogen-bond acceptors (Lipinski definition) is 4. The normalized spacial score (nSPS) is 12.8. The van der Waals surface area contributed by atoms with Crippen LogP contribution >= 0.6 is 0 Å². The highest BCUT2D eigenvalue weighted by molar-refractivity contribution is 5.80. The van der Waals surface area contributed by atoms with Gasteiger partial charge in [0.25, 0.3) is 0 Å². The molecule has 0 aliphatic rings. The summed E-state index contributed by atoms with van der Waals surface area (Å²) in [6, 6.07) is 5.30. The Hall–Kier alpha value is -1.88. The van der Waals surface area contributed by atoms with Crippen molar-refractivity contribution in [3.63, 3.8) is 0 Å². The molecule has 2 rings (SSSR count). The predicted octanol–water partition coefficient (Wildman–Crippen LogP) is 2.34. The third kappa shape index (κ3) is 2.51. The molecule has 0 aliphatic heterocycles. The standard InChI is InChI=1S/C13H15NO4/c1-8-14-11-4-3-9(7-12(11)18-8)10(13(15)16)5-6-17-2/h3-4,7,10H,5-6H2,1-2H3,(H,15,16). The zero-order valence-corrected chi connectivity index (χ0v) is 10.3. The molecule has 0 fully saturated rings.